The van der Waals surface area contributed by atoms with Gasteiger partial charge in [-0.1, -0.05) is 6.42 Å². The maximum Gasteiger partial charge on any atom is 0.308 e. The van der Waals surface area contributed by atoms with Crippen LogP contribution in [0.15, 0.2) is 12.1 Å². The highest BCUT2D eigenvalue weighted by Gasteiger charge is 2.34. The molecule has 6 heteroatoms. The van der Waals surface area contributed by atoms with Crippen LogP contribution in [0.3, 0.4) is 0 Å². The van der Waals surface area contributed by atoms with Gasteiger partial charge in [0.05, 0.1) is 20.1 Å². The number of aliphatic carboxylic acids is 1. The van der Waals surface area contributed by atoms with Gasteiger partial charge in [-0.3, -0.25) is 9.59 Å². The third-order valence-corrected chi connectivity index (χ3v) is 4.16. The van der Waals surface area contributed by atoms with E-state index in [-0.39, 0.29) is 11.9 Å². The van der Waals surface area contributed by atoms with Crippen LogP contribution in [0.4, 0.5) is 0 Å². The van der Waals surface area contributed by atoms with Crippen LogP contribution in [0, 0.1) is 12.8 Å². The van der Waals surface area contributed by atoms with E-state index in [2.05, 4.69) is 5.32 Å². The van der Waals surface area contributed by atoms with Crippen molar-refractivity contribution < 1.29 is 24.2 Å². The number of carbonyl (C=O) groups is 2. The number of ether oxygens (including phenoxy) is 2. The van der Waals surface area contributed by atoms with E-state index in [0.717, 1.165) is 12.0 Å². The van der Waals surface area contributed by atoms with Gasteiger partial charge >= 0.3 is 5.97 Å². The van der Waals surface area contributed by atoms with E-state index < -0.39 is 11.9 Å². The average Bonchev–Trinajstić information content (AvgIpc) is 2.95. The van der Waals surface area contributed by atoms with Crippen molar-refractivity contribution in [2.75, 3.05) is 14.2 Å². The van der Waals surface area contributed by atoms with Gasteiger partial charge in [0.1, 0.15) is 11.5 Å². The van der Waals surface area contributed by atoms with Gasteiger partial charge in [0.25, 0.3) is 5.91 Å². The van der Waals surface area contributed by atoms with Gasteiger partial charge in [-0.25, -0.2) is 0 Å². The molecule has 120 valence electrons. The Morgan fingerprint density at radius 2 is 1.77 bits per heavy atom. The molecule has 6 nitrogen and oxygen atoms in total. The van der Waals surface area contributed by atoms with Crippen LogP contribution < -0.4 is 14.8 Å². The quantitative estimate of drug-likeness (QED) is 0.869. The maximum atomic E-state index is 12.4. The predicted molar refractivity (Wildman–Crippen MR) is 80.5 cm³/mol. The molecule has 0 heterocycles. The highest BCUT2D eigenvalue weighted by atomic mass is 16.5. The van der Waals surface area contributed by atoms with Gasteiger partial charge in [-0.2, -0.15) is 0 Å². The van der Waals surface area contributed by atoms with Crippen LogP contribution in [0.5, 0.6) is 11.5 Å². The van der Waals surface area contributed by atoms with Gasteiger partial charge in [0, 0.05) is 17.2 Å². The lowest BCUT2D eigenvalue weighted by atomic mass is 10.0. The van der Waals surface area contributed by atoms with Crippen LogP contribution in [-0.2, 0) is 4.79 Å². The number of methoxy groups -OCH3 is 2. The number of hydrogen-bond acceptors (Lipinski definition) is 4. The first-order valence-corrected chi connectivity index (χ1v) is 7.24. The van der Waals surface area contributed by atoms with Crippen molar-refractivity contribution in [1.29, 1.82) is 0 Å². The van der Waals surface area contributed by atoms with E-state index in [4.69, 9.17) is 9.47 Å². The van der Waals surface area contributed by atoms with Gasteiger partial charge in [0.15, 0.2) is 0 Å². The van der Waals surface area contributed by atoms with E-state index in [1.54, 1.807) is 12.1 Å². The van der Waals surface area contributed by atoms with E-state index in [1.807, 2.05) is 6.92 Å². The number of benzene rings is 1. The van der Waals surface area contributed by atoms with Gasteiger partial charge in [-0.15, -0.1) is 0 Å². The smallest absolute Gasteiger partial charge is 0.308 e. The zero-order valence-corrected chi connectivity index (χ0v) is 13.0. The molecule has 0 bridgehead atoms. The lowest BCUT2D eigenvalue weighted by molar-refractivity contribution is -0.142. The molecule has 2 N–H and O–H groups in total. The van der Waals surface area contributed by atoms with Crippen molar-refractivity contribution >= 4 is 11.9 Å². The summed E-state index contributed by atoms with van der Waals surface area (Å²) < 4.78 is 10.5. The molecule has 1 amide bonds. The lowest BCUT2D eigenvalue weighted by Crippen LogP contribution is -2.40. The number of hydrogen-bond donors (Lipinski definition) is 2. The molecule has 0 aromatic heterocycles. The molecule has 22 heavy (non-hydrogen) atoms. The molecule has 1 aromatic carbocycles. The number of amides is 1. The Bertz CT molecular complexity index is 559. The Morgan fingerprint density at radius 1 is 1.18 bits per heavy atom. The summed E-state index contributed by atoms with van der Waals surface area (Å²) in [5.41, 5.74) is 1.21. The SMILES string of the molecule is COc1cc(C(=O)N[C@@H]2CCC[C@@H]2C(=O)O)cc(OC)c1C. The Morgan fingerprint density at radius 3 is 2.27 bits per heavy atom. The Labute approximate surface area is 129 Å². The molecule has 2 rings (SSSR count). The third-order valence-electron chi connectivity index (χ3n) is 4.16. The molecule has 1 aliphatic rings. The number of nitrogens with one attached hydrogen (secondary N) is 1. The average molecular weight is 307 g/mol. The van der Waals surface area contributed by atoms with Gasteiger partial charge < -0.3 is 19.9 Å². The summed E-state index contributed by atoms with van der Waals surface area (Å²) in [6.07, 6.45) is 2.09. The summed E-state index contributed by atoms with van der Waals surface area (Å²) >= 11 is 0. The van der Waals surface area contributed by atoms with E-state index in [1.165, 1.54) is 14.2 Å². The van der Waals surface area contributed by atoms with Crippen molar-refractivity contribution in [3.05, 3.63) is 23.3 Å². The molecule has 0 aliphatic heterocycles. The topological polar surface area (TPSA) is 84.9 Å². The zero-order valence-electron chi connectivity index (χ0n) is 13.0. The van der Waals surface area contributed by atoms with Gasteiger partial charge in [-0.05, 0) is 31.9 Å². The minimum absolute atomic E-state index is 0.310. The Hall–Kier alpha value is -2.24. The Kier molecular flexibility index (Phi) is 4.90. The van der Waals surface area contributed by atoms with E-state index in [9.17, 15) is 14.7 Å². The third kappa shape index (κ3) is 3.16. The number of carbonyl (C=O) groups excluding carboxylic acids is 1. The first-order chi connectivity index (χ1) is 10.5. The molecule has 0 saturated heterocycles. The minimum Gasteiger partial charge on any atom is -0.496 e. The molecule has 1 aliphatic carbocycles. The molecular weight excluding hydrogens is 286 g/mol. The van der Waals surface area contributed by atoms with Gasteiger partial charge in [0.2, 0.25) is 0 Å². The molecular formula is C16H21NO5. The minimum atomic E-state index is -0.859. The molecule has 0 unspecified atom stereocenters. The van der Waals surface area contributed by atoms with E-state index in [0.29, 0.717) is 29.9 Å². The van der Waals surface area contributed by atoms with Crippen LogP contribution >= 0.6 is 0 Å². The Balaban J connectivity index is 2.21. The first-order valence-electron chi connectivity index (χ1n) is 7.24. The highest BCUT2D eigenvalue weighted by Crippen LogP contribution is 2.30. The number of carboxylic acids is 1. The molecule has 2 atom stereocenters. The van der Waals surface area contributed by atoms with Crippen molar-refractivity contribution in [1.82, 2.24) is 5.32 Å². The van der Waals surface area contributed by atoms with Crippen LogP contribution in [0.2, 0.25) is 0 Å². The van der Waals surface area contributed by atoms with Crippen LogP contribution in [0.1, 0.15) is 35.2 Å². The number of rotatable bonds is 5. The monoisotopic (exact) mass is 307 g/mol. The standard InChI is InChI=1S/C16H21NO5/c1-9-13(21-2)7-10(8-14(9)22-3)15(18)17-12-6-4-5-11(12)16(19)20/h7-8,11-12H,4-6H2,1-3H3,(H,17,18)(H,19,20)/t11-,12+/m0/s1. The summed E-state index contributed by atoms with van der Waals surface area (Å²) in [6, 6.07) is 2.94. The van der Waals surface area contributed by atoms with Crippen molar-refractivity contribution in [2.24, 2.45) is 5.92 Å². The summed E-state index contributed by atoms with van der Waals surface area (Å²) in [5.74, 6) is -0.564. The second kappa shape index (κ2) is 6.68. The highest BCUT2D eigenvalue weighted by molar-refractivity contribution is 5.95. The molecule has 1 aromatic rings. The fourth-order valence-electron chi connectivity index (χ4n) is 2.90. The largest absolute Gasteiger partial charge is 0.496 e. The van der Waals surface area contributed by atoms with Crippen LogP contribution in [-0.4, -0.2) is 37.2 Å². The van der Waals surface area contributed by atoms with Crippen LogP contribution in [0.25, 0.3) is 0 Å². The predicted octanol–water partition coefficient (Wildman–Crippen LogP) is 2.00. The second-order valence-electron chi connectivity index (χ2n) is 5.46. The lowest BCUT2D eigenvalue weighted by Gasteiger charge is -2.18. The first kappa shape index (κ1) is 16.1. The van der Waals surface area contributed by atoms with Crippen molar-refractivity contribution in [3.63, 3.8) is 0 Å². The molecule has 1 saturated carbocycles. The summed E-state index contributed by atoms with van der Waals surface area (Å²) in [4.78, 5) is 23.6. The van der Waals surface area contributed by atoms with Crippen molar-refractivity contribution in [3.8, 4) is 11.5 Å². The summed E-state index contributed by atoms with van der Waals surface area (Å²) in [7, 11) is 3.06. The van der Waals surface area contributed by atoms with E-state index >= 15 is 0 Å². The molecule has 0 spiro atoms. The summed E-state index contributed by atoms with van der Waals surface area (Å²) in [6.45, 7) is 1.84. The summed E-state index contributed by atoms with van der Waals surface area (Å²) in [5, 5.41) is 12.0. The normalized spacial score (nSPS) is 20.5. The number of carboxylic acid groups (broad SMARTS) is 1. The molecule has 1 fully saturated rings. The fraction of sp³-hybridized carbons (Fsp3) is 0.500. The maximum absolute atomic E-state index is 12.4. The second-order valence-corrected chi connectivity index (χ2v) is 5.46. The zero-order chi connectivity index (χ0) is 16.3. The fourth-order valence-corrected chi connectivity index (χ4v) is 2.90. The molecule has 0 radical (unpaired) electrons. The van der Waals surface area contributed by atoms with Crippen molar-refractivity contribution in [2.45, 2.75) is 32.2 Å².